The van der Waals surface area contributed by atoms with Gasteiger partial charge in [-0.15, -0.1) is 0 Å². The van der Waals surface area contributed by atoms with E-state index in [0.29, 0.717) is 83.0 Å². The predicted molar refractivity (Wildman–Crippen MR) is 202 cm³/mol. The van der Waals surface area contributed by atoms with Crippen molar-refractivity contribution in [3.63, 3.8) is 0 Å². The second-order valence-electron chi connectivity index (χ2n) is 15.3. The predicted octanol–water partition coefficient (Wildman–Crippen LogP) is 2.68. The van der Waals surface area contributed by atoms with Crippen LogP contribution in [0.4, 0.5) is 16.3 Å². The number of nitrogens with zero attached hydrogens (tertiary/aromatic N) is 5. The Labute approximate surface area is 314 Å². The molecule has 1 atom stereocenters. The molecule has 1 aromatic heterocycles. The second kappa shape index (κ2) is 15.2. The zero-order valence-corrected chi connectivity index (χ0v) is 30.9. The standard InChI is InChI=1S/C40H48N8O6/c1-39(11-14-46(15-12-39)34(50)26-45-16-18-47(19-17-45)38(53)54)37(52)48(24-29-7-4-3-6-28(29)23-41-2)25-33(49)43-31-10-9-27-21-40(22-30(27)20-31)32-8-5-13-42-35(32)44-36(40)51/h3-10,13,20,41H,11-12,14-19,21-26H2,1-2H3,(H,43,49)(H,53,54)(H,42,44,51)/t40-/m1/s1. The van der Waals surface area contributed by atoms with Crippen LogP contribution in [0.15, 0.2) is 60.8 Å². The summed E-state index contributed by atoms with van der Waals surface area (Å²) in [6.07, 6.45) is 2.70. The number of anilines is 2. The van der Waals surface area contributed by atoms with Crippen LogP contribution in [0.25, 0.3) is 0 Å². The third-order valence-corrected chi connectivity index (χ3v) is 11.7. The zero-order valence-electron chi connectivity index (χ0n) is 30.9. The van der Waals surface area contributed by atoms with Gasteiger partial charge in [0.25, 0.3) is 0 Å². The third kappa shape index (κ3) is 7.40. The number of rotatable bonds is 10. The van der Waals surface area contributed by atoms with Gasteiger partial charge in [-0.1, -0.05) is 43.3 Å². The van der Waals surface area contributed by atoms with Gasteiger partial charge in [-0.2, -0.15) is 0 Å². The van der Waals surface area contributed by atoms with Gasteiger partial charge in [0, 0.05) is 75.2 Å². The van der Waals surface area contributed by atoms with Crippen LogP contribution in [0.2, 0.25) is 0 Å². The number of nitrogens with one attached hydrogen (secondary N) is 3. The van der Waals surface area contributed by atoms with E-state index in [1.807, 2.05) is 73.5 Å². The van der Waals surface area contributed by atoms with Crippen molar-refractivity contribution >= 4 is 41.2 Å². The maximum atomic E-state index is 14.5. The minimum absolute atomic E-state index is 0.0276. The summed E-state index contributed by atoms with van der Waals surface area (Å²) in [6, 6.07) is 17.4. The molecule has 1 spiro atoms. The second-order valence-corrected chi connectivity index (χ2v) is 15.3. The first-order valence-electron chi connectivity index (χ1n) is 18.7. The number of carbonyl (C=O) groups excluding carboxylic acids is 4. The van der Waals surface area contributed by atoms with Crippen molar-refractivity contribution in [1.82, 2.24) is 29.9 Å². The lowest BCUT2D eigenvalue weighted by atomic mass is 9.78. The van der Waals surface area contributed by atoms with E-state index < -0.39 is 16.9 Å². The summed E-state index contributed by atoms with van der Waals surface area (Å²) in [5.41, 5.74) is 4.02. The number of carboxylic acid groups (broad SMARTS) is 1. The lowest BCUT2D eigenvalue weighted by molar-refractivity contribution is -0.149. The summed E-state index contributed by atoms with van der Waals surface area (Å²) >= 11 is 0. The molecular weight excluding hydrogens is 688 g/mol. The van der Waals surface area contributed by atoms with E-state index in [4.69, 9.17) is 0 Å². The zero-order chi connectivity index (χ0) is 38.0. The summed E-state index contributed by atoms with van der Waals surface area (Å²) in [7, 11) is 1.87. The van der Waals surface area contributed by atoms with Crippen LogP contribution >= 0.6 is 0 Å². The number of likely N-dealkylation sites (tertiary alicyclic amines) is 1. The quantitative estimate of drug-likeness (QED) is 0.245. The molecule has 0 bridgehead atoms. The first-order chi connectivity index (χ1) is 26.0. The Morgan fingerprint density at radius 1 is 0.907 bits per heavy atom. The monoisotopic (exact) mass is 736 g/mol. The average molecular weight is 737 g/mol. The molecule has 0 radical (unpaired) electrons. The molecule has 2 aromatic carbocycles. The molecule has 4 heterocycles. The highest BCUT2D eigenvalue weighted by Gasteiger charge is 2.51. The highest BCUT2D eigenvalue weighted by Crippen LogP contribution is 2.47. The number of aromatic nitrogens is 1. The topological polar surface area (TPSA) is 168 Å². The van der Waals surface area contributed by atoms with Crippen LogP contribution in [0.3, 0.4) is 0 Å². The smallest absolute Gasteiger partial charge is 0.407 e. The molecule has 14 heteroatoms. The highest BCUT2D eigenvalue weighted by atomic mass is 16.4. The fourth-order valence-corrected chi connectivity index (χ4v) is 8.43. The lowest BCUT2D eigenvalue weighted by Crippen LogP contribution is -2.54. The molecule has 3 aliphatic heterocycles. The maximum absolute atomic E-state index is 14.5. The van der Waals surface area contributed by atoms with Crippen molar-refractivity contribution in [2.75, 3.05) is 70.0 Å². The van der Waals surface area contributed by atoms with Crippen LogP contribution in [0.5, 0.6) is 0 Å². The Morgan fingerprint density at radius 3 is 2.35 bits per heavy atom. The van der Waals surface area contributed by atoms with E-state index in [-0.39, 0.29) is 43.3 Å². The molecule has 14 nitrogen and oxygen atoms in total. The number of pyridine rings is 1. The Bertz CT molecular complexity index is 1950. The number of carbonyl (C=O) groups is 5. The van der Waals surface area contributed by atoms with Crippen molar-refractivity contribution in [2.45, 2.75) is 51.1 Å². The van der Waals surface area contributed by atoms with Gasteiger partial charge in [-0.3, -0.25) is 24.1 Å². The first-order valence-corrected chi connectivity index (χ1v) is 18.7. The van der Waals surface area contributed by atoms with Gasteiger partial charge in [0.05, 0.1) is 12.0 Å². The Kier molecular flexibility index (Phi) is 10.4. The van der Waals surface area contributed by atoms with Crippen molar-refractivity contribution in [1.29, 1.82) is 0 Å². The summed E-state index contributed by atoms with van der Waals surface area (Å²) in [4.78, 5) is 77.1. The highest BCUT2D eigenvalue weighted by molar-refractivity contribution is 6.06. The molecule has 54 heavy (non-hydrogen) atoms. The van der Waals surface area contributed by atoms with E-state index in [1.54, 1.807) is 16.0 Å². The van der Waals surface area contributed by atoms with E-state index >= 15 is 0 Å². The normalized spacial score (nSPS) is 20.3. The first kappa shape index (κ1) is 37.0. The van der Waals surface area contributed by atoms with Crippen LogP contribution in [0.1, 0.15) is 47.6 Å². The van der Waals surface area contributed by atoms with E-state index in [0.717, 1.165) is 27.8 Å². The fraction of sp³-hybridized carbons (Fsp3) is 0.450. The van der Waals surface area contributed by atoms with Gasteiger partial charge in [-0.25, -0.2) is 9.78 Å². The third-order valence-electron chi connectivity index (χ3n) is 11.7. The van der Waals surface area contributed by atoms with Crippen molar-refractivity contribution in [3.8, 4) is 0 Å². The number of hydrogen-bond donors (Lipinski definition) is 4. The van der Waals surface area contributed by atoms with Gasteiger partial charge in [-0.05, 0) is 73.2 Å². The van der Waals surface area contributed by atoms with Gasteiger partial charge in [0.2, 0.25) is 23.6 Å². The van der Waals surface area contributed by atoms with Crippen LogP contribution in [0, 0.1) is 5.41 Å². The SMILES string of the molecule is CNCc1ccccc1CN(CC(=O)Nc1ccc2c(c1)C[C@@]1(C2)C(=O)Nc2ncccc21)C(=O)C1(C)CCN(C(=O)CN2CCN(C(=O)O)CC2)CC1. The van der Waals surface area contributed by atoms with Crippen LogP contribution in [-0.4, -0.2) is 119 Å². The molecule has 1 aliphatic carbocycles. The molecule has 2 fully saturated rings. The van der Waals surface area contributed by atoms with Crippen molar-refractivity contribution in [3.05, 3.63) is 88.6 Å². The van der Waals surface area contributed by atoms with E-state index in [1.165, 1.54) is 4.90 Å². The van der Waals surface area contributed by atoms with Crippen molar-refractivity contribution < 1.29 is 29.1 Å². The maximum Gasteiger partial charge on any atom is 0.407 e. The summed E-state index contributed by atoms with van der Waals surface area (Å²) in [5.74, 6) is 0.0494. The lowest BCUT2D eigenvalue weighted by Gasteiger charge is -2.42. The molecule has 284 valence electrons. The summed E-state index contributed by atoms with van der Waals surface area (Å²) in [5, 5.41) is 18.4. The number of amides is 5. The molecule has 4 N–H and O–H groups in total. The van der Waals surface area contributed by atoms with Gasteiger partial charge >= 0.3 is 6.09 Å². The van der Waals surface area contributed by atoms with E-state index in [9.17, 15) is 29.1 Å². The number of piperidine rings is 1. The minimum Gasteiger partial charge on any atom is -0.465 e. The summed E-state index contributed by atoms with van der Waals surface area (Å²) in [6.45, 7) is 5.43. The Morgan fingerprint density at radius 2 is 1.63 bits per heavy atom. The molecule has 0 saturated carbocycles. The van der Waals surface area contributed by atoms with Crippen LogP contribution < -0.4 is 16.0 Å². The Hall–Kier alpha value is -5.34. The molecule has 4 aliphatic rings. The number of fused-ring (bicyclic) bond motifs is 3. The van der Waals surface area contributed by atoms with Crippen LogP contribution in [-0.2, 0) is 50.5 Å². The van der Waals surface area contributed by atoms with Gasteiger partial charge in [0.15, 0.2) is 0 Å². The largest absolute Gasteiger partial charge is 0.465 e. The Balaban J connectivity index is 1.02. The molecule has 3 aromatic rings. The average Bonchev–Trinajstić information content (AvgIpc) is 3.68. The minimum atomic E-state index is -0.945. The number of hydrogen-bond acceptors (Lipinski definition) is 8. The number of piperazine rings is 1. The molecule has 2 saturated heterocycles. The van der Waals surface area contributed by atoms with Gasteiger partial charge in [0.1, 0.15) is 12.4 Å². The molecule has 7 rings (SSSR count). The molecule has 5 amide bonds. The molecule has 0 unspecified atom stereocenters. The van der Waals surface area contributed by atoms with Crippen molar-refractivity contribution in [2.24, 2.45) is 5.41 Å². The molecular formula is C40H48N8O6. The van der Waals surface area contributed by atoms with E-state index in [2.05, 4.69) is 20.9 Å². The van der Waals surface area contributed by atoms with Gasteiger partial charge < -0.3 is 35.8 Å². The fourth-order valence-electron chi connectivity index (χ4n) is 8.43. The summed E-state index contributed by atoms with van der Waals surface area (Å²) < 4.78 is 0. The number of benzene rings is 2.